The molecule has 24 heavy (non-hydrogen) atoms. The first-order chi connectivity index (χ1) is 11.6. The van der Waals surface area contributed by atoms with Gasteiger partial charge in [-0.15, -0.1) is 0 Å². The van der Waals surface area contributed by atoms with Gasteiger partial charge >= 0.3 is 0 Å². The number of nitrogens with one attached hydrogen (secondary N) is 1. The summed E-state index contributed by atoms with van der Waals surface area (Å²) in [6.07, 6.45) is 5.19. The van der Waals surface area contributed by atoms with Crippen molar-refractivity contribution in [2.75, 3.05) is 0 Å². The van der Waals surface area contributed by atoms with Crippen LogP contribution in [0.4, 0.5) is 0 Å². The Morgan fingerprint density at radius 3 is 2.83 bits per heavy atom. The fourth-order valence-corrected chi connectivity index (χ4v) is 3.43. The van der Waals surface area contributed by atoms with Crippen LogP contribution in [0.5, 0.6) is 0 Å². The highest BCUT2D eigenvalue weighted by Crippen LogP contribution is 2.21. The summed E-state index contributed by atoms with van der Waals surface area (Å²) in [6, 6.07) is 10.0. The zero-order valence-corrected chi connectivity index (χ0v) is 14.8. The Morgan fingerprint density at radius 2 is 2.04 bits per heavy atom. The Morgan fingerprint density at radius 1 is 1.21 bits per heavy atom. The average Bonchev–Trinajstić information content (AvgIpc) is 3.22. The van der Waals surface area contributed by atoms with E-state index in [2.05, 4.69) is 21.2 Å². The molecule has 0 bridgehead atoms. The van der Waals surface area contributed by atoms with Gasteiger partial charge in [0.2, 0.25) is 5.91 Å². The van der Waals surface area contributed by atoms with E-state index in [9.17, 15) is 9.59 Å². The van der Waals surface area contributed by atoms with Crippen molar-refractivity contribution in [1.82, 2.24) is 14.3 Å². The maximum atomic E-state index is 12.8. The minimum Gasteiger partial charge on any atom is -0.353 e. The number of carbonyl (C=O) groups excluding carboxylic acids is 1. The van der Waals surface area contributed by atoms with Crippen molar-refractivity contribution < 1.29 is 4.79 Å². The van der Waals surface area contributed by atoms with E-state index in [4.69, 9.17) is 0 Å². The van der Waals surface area contributed by atoms with Crippen molar-refractivity contribution in [3.05, 3.63) is 51.4 Å². The first-order valence-corrected chi connectivity index (χ1v) is 9.01. The van der Waals surface area contributed by atoms with Crippen LogP contribution in [0.15, 0.2) is 45.8 Å². The molecule has 0 spiro atoms. The SMILES string of the molecule is O=C(CCCn1c(=O)c2cccn2c2ccc(Br)cc21)NC1CC1. The number of hydrogen-bond acceptors (Lipinski definition) is 2. The van der Waals surface area contributed by atoms with E-state index in [-0.39, 0.29) is 11.5 Å². The quantitative estimate of drug-likeness (QED) is 0.731. The molecule has 1 saturated carbocycles. The number of amides is 1. The summed E-state index contributed by atoms with van der Waals surface area (Å²) in [5.41, 5.74) is 2.50. The first-order valence-electron chi connectivity index (χ1n) is 8.22. The van der Waals surface area contributed by atoms with Gasteiger partial charge in [-0.2, -0.15) is 0 Å². The highest BCUT2D eigenvalue weighted by molar-refractivity contribution is 9.10. The zero-order valence-electron chi connectivity index (χ0n) is 13.2. The van der Waals surface area contributed by atoms with Gasteiger partial charge in [0, 0.05) is 29.7 Å². The van der Waals surface area contributed by atoms with Crippen LogP contribution in [0.2, 0.25) is 0 Å². The monoisotopic (exact) mass is 387 g/mol. The molecule has 0 saturated heterocycles. The van der Waals surface area contributed by atoms with Crippen LogP contribution in [0, 0.1) is 0 Å². The van der Waals surface area contributed by atoms with Crippen LogP contribution in [0.1, 0.15) is 25.7 Å². The molecule has 1 amide bonds. The lowest BCUT2D eigenvalue weighted by molar-refractivity contribution is -0.121. The lowest BCUT2D eigenvalue weighted by atomic mass is 10.2. The van der Waals surface area contributed by atoms with E-state index >= 15 is 0 Å². The fraction of sp³-hybridized carbons (Fsp3) is 0.333. The highest BCUT2D eigenvalue weighted by atomic mass is 79.9. The van der Waals surface area contributed by atoms with Crippen molar-refractivity contribution in [3.63, 3.8) is 0 Å². The molecule has 2 heterocycles. The van der Waals surface area contributed by atoms with Crippen molar-refractivity contribution in [3.8, 4) is 0 Å². The van der Waals surface area contributed by atoms with Gasteiger partial charge in [-0.3, -0.25) is 9.59 Å². The summed E-state index contributed by atoms with van der Waals surface area (Å²) in [6.45, 7) is 0.533. The Kier molecular flexibility index (Phi) is 3.92. The third-order valence-corrected chi connectivity index (χ3v) is 4.92. The molecule has 0 radical (unpaired) electrons. The summed E-state index contributed by atoms with van der Waals surface area (Å²) in [4.78, 5) is 24.7. The van der Waals surface area contributed by atoms with E-state index in [1.807, 2.05) is 40.9 Å². The van der Waals surface area contributed by atoms with Crippen LogP contribution < -0.4 is 10.9 Å². The van der Waals surface area contributed by atoms with E-state index < -0.39 is 0 Å². The number of rotatable bonds is 5. The molecular weight excluding hydrogens is 370 g/mol. The third-order valence-electron chi connectivity index (χ3n) is 4.43. The molecule has 4 rings (SSSR count). The van der Waals surface area contributed by atoms with Crippen LogP contribution in [0.3, 0.4) is 0 Å². The molecule has 3 aromatic rings. The molecule has 1 aromatic carbocycles. The molecule has 5 nitrogen and oxygen atoms in total. The van der Waals surface area contributed by atoms with Crippen LogP contribution in [-0.2, 0) is 11.3 Å². The van der Waals surface area contributed by atoms with Gasteiger partial charge in [-0.25, -0.2) is 0 Å². The smallest absolute Gasteiger partial charge is 0.275 e. The molecule has 6 heteroatoms. The maximum absolute atomic E-state index is 12.8. The van der Waals surface area contributed by atoms with Gasteiger partial charge < -0.3 is 14.3 Å². The van der Waals surface area contributed by atoms with Gasteiger partial charge in [0.05, 0.1) is 11.0 Å². The second kappa shape index (κ2) is 6.09. The molecule has 124 valence electrons. The van der Waals surface area contributed by atoms with Crippen molar-refractivity contribution in [1.29, 1.82) is 0 Å². The molecular formula is C18H18BrN3O2. The van der Waals surface area contributed by atoms with Crippen LogP contribution >= 0.6 is 15.9 Å². The minimum atomic E-state index is -0.0202. The molecule has 1 N–H and O–H groups in total. The molecule has 2 aromatic heterocycles. The number of nitrogens with zero attached hydrogens (tertiary/aromatic N) is 2. The Bertz CT molecular complexity index is 985. The zero-order chi connectivity index (χ0) is 16.7. The number of hydrogen-bond donors (Lipinski definition) is 1. The number of aromatic nitrogens is 2. The summed E-state index contributed by atoms with van der Waals surface area (Å²) in [5, 5.41) is 2.99. The summed E-state index contributed by atoms with van der Waals surface area (Å²) in [5.74, 6) is 0.0831. The van der Waals surface area contributed by atoms with E-state index in [0.29, 0.717) is 30.9 Å². The lowest BCUT2D eigenvalue weighted by Crippen LogP contribution is -2.27. The van der Waals surface area contributed by atoms with Crippen LogP contribution in [-0.4, -0.2) is 20.9 Å². The van der Waals surface area contributed by atoms with E-state index in [1.165, 1.54) is 0 Å². The number of halogens is 1. The topological polar surface area (TPSA) is 55.5 Å². The second-order valence-corrected chi connectivity index (χ2v) is 7.21. The highest BCUT2D eigenvalue weighted by Gasteiger charge is 2.22. The van der Waals surface area contributed by atoms with Gasteiger partial charge in [0.15, 0.2) is 0 Å². The molecule has 1 aliphatic rings. The van der Waals surface area contributed by atoms with Crippen LogP contribution in [0.25, 0.3) is 16.6 Å². The second-order valence-electron chi connectivity index (χ2n) is 6.30. The average molecular weight is 388 g/mol. The summed E-state index contributed by atoms with van der Waals surface area (Å²) < 4.78 is 4.63. The van der Waals surface area contributed by atoms with Gasteiger partial charge in [0.1, 0.15) is 5.52 Å². The lowest BCUT2D eigenvalue weighted by Gasteiger charge is -2.13. The number of fused-ring (bicyclic) bond motifs is 3. The molecule has 0 aliphatic heterocycles. The van der Waals surface area contributed by atoms with Gasteiger partial charge in [0.25, 0.3) is 5.56 Å². The minimum absolute atomic E-state index is 0.0202. The molecule has 1 aliphatic carbocycles. The molecule has 1 fully saturated rings. The summed E-state index contributed by atoms with van der Waals surface area (Å²) >= 11 is 3.48. The Labute approximate surface area is 147 Å². The largest absolute Gasteiger partial charge is 0.353 e. The van der Waals surface area contributed by atoms with Crippen molar-refractivity contribution in [2.45, 2.75) is 38.3 Å². The normalized spacial score (nSPS) is 14.4. The predicted molar refractivity (Wildman–Crippen MR) is 97.3 cm³/mol. The number of carbonyl (C=O) groups is 1. The maximum Gasteiger partial charge on any atom is 0.275 e. The molecule has 0 unspecified atom stereocenters. The Hall–Kier alpha value is -2.08. The Balaban J connectivity index is 1.66. The van der Waals surface area contributed by atoms with Crippen molar-refractivity contribution >= 4 is 38.4 Å². The predicted octanol–water partition coefficient (Wildman–Crippen LogP) is 3.08. The van der Waals surface area contributed by atoms with E-state index in [0.717, 1.165) is 28.3 Å². The first kappa shape index (κ1) is 15.4. The fourth-order valence-electron chi connectivity index (χ4n) is 3.08. The third kappa shape index (κ3) is 2.86. The van der Waals surface area contributed by atoms with E-state index in [1.54, 1.807) is 4.57 Å². The number of benzene rings is 1. The number of aryl methyl sites for hydroxylation is 1. The summed E-state index contributed by atoms with van der Waals surface area (Å²) in [7, 11) is 0. The molecule has 0 atom stereocenters. The van der Waals surface area contributed by atoms with Gasteiger partial charge in [-0.05, 0) is 49.6 Å². The van der Waals surface area contributed by atoms with Gasteiger partial charge in [-0.1, -0.05) is 15.9 Å². The van der Waals surface area contributed by atoms with Crippen molar-refractivity contribution in [2.24, 2.45) is 0 Å². The standard InChI is InChI=1S/C18H18BrN3O2/c19-12-5-8-14-16(11-12)22(18(24)15-3-1-9-21(14)15)10-2-4-17(23)20-13-6-7-13/h1,3,5,8-9,11,13H,2,4,6-7,10H2,(H,20,23).